The van der Waals surface area contributed by atoms with Gasteiger partial charge in [0.25, 0.3) is 0 Å². The predicted octanol–water partition coefficient (Wildman–Crippen LogP) is 0.0767. The Hall–Kier alpha value is 0.608. The molecule has 0 heterocycles. The zero-order valence-corrected chi connectivity index (χ0v) is 4.22. The van der Waals surface area contributed by atoms with Gasteiger partial charge in [0.2, 0.25) is 0 Å². The Bertz CT molecular complexity index is 3.25. The second-order valence-electron chi connectivity index (χ2n) is 0. The molecule has 0 aliphatic carbocycles. The molecule has 0 nitrogen and oxygen atoms in total. The zero-order chi connectivity index (χ0) is 0. The van der Waals surface area contributed by atoms with Crippen molar-refractivity contribution in [2.45, 2.75) is 0 Å². The fourth-order valence-electron chi connectivity index (χ4n) is 0. The quantitative estimate of drug-likeness (QED) is 0.465. The van der Waals surface area contributed by atoms with Gasteiger partial charge >= 0.3 is 0 Å². The molecule has 0 aromatic carbocycles. The molecule has 0 bridgehead atoms. The molecule has 4 heavy (non-hydrogen) atoms. The monoisotopic (exact) mass is 181 g/mol. The van der Waals surface area contributed by atoms with E-state index in [9.17, 15) is 0 Å². The maximum absolute atomic E-state index is 0. The van der Waals surface area contributed by atoms with Crippen LogP contribution in [0.4, 0.5) is 14.1 Å². The molecular formula is H3F3Sb. The van der Waals surface area contributed by atoms with Gasteiger partial charge in [0.15, 0.2) is 0 Å². The van der Waals surface area contributed by atoms with E-state index in [2.05, 4.69) is 0 Å². The van der Waals surface area contributed by atoms with Crippen molar-refractivity contribution < 1.29 is 14.1 Å². The van der Waals surface area contributed by atoms with E-state index >= 15 is 0 Å². The standard InChI is InChI=1S/3FH.Sb/h3*1H;. The summed E-state index contributed by atoms with van der Waals surface area (Å²) in [7, 11) is 0. The molecule has 0 amide bonds. The van der Waals surface area contributed by atoms with Crippen molar-refractivity contribution in [1.29, 1.82) is 0 Å². The Kier molecular flexibility index (Phi) is 2690. The van der Waals surface area contributed by atoms with Gasteiger partial charge in [-0.25, -0.2) is 0 Å². The summed E-state index contributed by atoms with van der Waals surface area (Å²) in [6.45, 7) is 0. The van der Waals surface area contributed by atoms with Crippen molar-refractivity contribution in [2.75, 3.05) is 0 Å². The van der Waals surface area contributed by atoms with Crippen LogP contribution in [0.15, 0.2) is 0 Å². The van der Waals surface area contributed by atoms with Gasteiger partial charge in [-0.3, -0.25) is 14.1 Å². The predicted molar refractivity (Wildman–Crippen MR) is 13.3 cm³/mol. The van der Waals surface area contributed by atoms with Crippen LogP contribution in [0.3, 0.4) is 0 Å². The minimum atomic E-state index is 0. The van der Waals surface area contributed by atoms with Crippen LogP contribution in [-0.2, 0) is 0 Å². The maximum atomic E-state index is 0. The first-order valence-electron chi connectivity index (χ1n) is 0. The van der Waals surface area contributed by atoms with Crippen LogP contribution in [0.25, 0.3) is 0 Å². The van der Waals surface area contributed by atoms with Crippen LogP contribution in [0.1, 0.15) is 0 Å². The van der Waals surface area contributed by atoms with Crippen LogP contribution < -0.4 is 0 Å². The summed E-state index contributed by atoms with van der Waals surface area (Å²) >= 11 is 0. The minimum Gasteiger partial charge on any atom is -0.269 e. The number of rotatable bonds is 0. The van der Waals surface area contributed by atoms with Gasteiger partial charge in [0.05, 0.1) is 0 Å². The van der Waals surface area contributed by atoms with E-state index in [1.807, 2.05) is 0 Å². The van der Waals surface area contributed by atoms with Gasteiger partial charge in [0, 0.05) is 24.4 Å². The van der Waals surface area contributed by atoms with Crippen LogP contribution in [0, 0.1) is 0 Å². The second kappa shape index (κ2) is 66.4. The van der Waals surface area contributed by atoms with Crippen molar-refractivity contribution >= 4 is 24.4 Å². The van der Waals surface area contributed by atoms with E-state index in [1.165, 1.54) is 0 Å². The number of hydrogen-bond donors (Lipinski definition) is 0. The molecule has 0 aromatic rings. The fourth-order valence-corrected chi connectivity index (χ4v) is 0. The molecule has 0 atom stereocenters. The van der Waals surface area contributed by atoms with Crippen LogP contribution in [0.2, 0.25) is 0 Å². The average molecular weight is 182 g/mol. The SMILES string of the molecule is F.F.F.[Sb]. The normalized spacial score (nSPS) is 0. The third-order valence-electron chi connectivity index (χ3n) is 0. The van der Waals surface area contributed by atoms with E-state index in [1.54, 1.807) is 0 Å². The fraction of sp³-hybridized carbons (Fsp3) is 0. The van der Waals surface area contributed by atoms with E-state index in [0.29, 0.717) is 0 Å². The maximum Gasteiger partial charge on any atom is 0 e. The van der Waals surface area contributed by atoms with E-state index in [-0.39, 0.29) is 38.5 Å². The second-order valence-corrected chi connectivity index (χ2v) is 0. The molecule has 0 rings (SSSR count). The molecule has 0 aromatic heterocycles. The van der Waals surface area contributed by atoms with Crippen molar-refractivity contribution in [2.24, 2.45) is 0 Å². The van der Waals surface area contributed by atoms with Crippen molar-refractivity contribution in [3.05, 3.63) is 0 Å². The van der Waals surface area contributed by atoms with Gasteiger partial charge in [0.1, 0.15) is 0 Å². The first-order valence-corrected chi connectivity index (χ1v) is 0. The first-order chi connectivity index (χ1) is 0. The third kappa shape index (κ3) is 18.2. The summed E-state index contributed by atoms with van der Waals surface area (Å²) in [6, 6.07) is 0. The molecule has 0 unspecified atom stereocenters. The Balaban J connectivity index is 0. The van der Waals surface area contributed by atoms with Gasteiger partial charge in [-0.05, 0) is 0 Å². The molecule has 0 saturated heterocycles. The average Bonchev–Trinajstić information content (AvgIpc) is 0. The molecule has 0 saturated carbocycles. The molecule has 0 aliphatic rings. The third-order valence-corrected chi connectivity index (χ3v) is 0. The summed E-state index contributed by atoms with van der Waals surface area (Å²) in [4.78, 5) is 0. The summed E-state index contributed by atoms with van der Waals surface area (Å²) in [5.74, 6) is 0. The Morgan fingerprint density at radius 1 is 0.500 bits per heavy atom. The molecule has 0 N–H and O–H groups in total. The molecule has 29 valence electrons. The van der Waals surface area contributed by atoms with Crippen molar-refractivity contribution in [1.82, 2.24) is 0 Å². The molecule has 4 heteroatoms. The van der Waals surface area contributed by atoms with E-state index < -0.39 is 0 Å². The van der Waals surface area contributed by atoms with Crippen LogP contribution in [0.5, 0.6) is 0 Å². The van der Waals surface area contributed by atoms with Crippen LogP contribution in [-0.4, -0.2) is 24.4 Å². The molecule has 0 aliphatic heterocycles. The largest absolute Gasteiger partial charge is 0.269 e. The van der Waals surface area contributed by atoms with Gasteiger partial charge < -0.3 is 0 Å². The van der Waals surface area contributed by atoms with Crippen LogP contribution >= 0.6 is 0 Å². The molecule has 0 fully saturated rings. The van der Waals surface area contributed by atoms with Gasteiger partial charge in [-0.15, -0.1) is 0 Å². The Labute approximate surface area is 39.1 Å². The number of hydrogen-bond acceptors (Lipinski definition) is 0. The Morgan fingerprint density at radius 2 is 0.500 bits per heavy atom. The summed E-state index contributed by atoms with van der Waals surface area (Å²) in [5, 5.41) is 0. The topological polar surface area (TPSA) is 0 Å². The van der Waals surface area contributed by atoms with Gasteiger partial charge in [-0.1, -0.05) is 0 Å². The molecule has 0 spiro atoms. The number of halogens is 3. The smallest absolute Gasteiger partial charge is 0 e. The van der Waals surface area contributed by atoms with E-state index in [4.69, 9.17) is 0 Å². The minimum absolute atomic E-state index is 0. The van der Waals surface area contributed by atoms with E-state index in [0.717, 1.165) is 0 Å². The molecule has 3 radical (unpaired) electrons. The summed E-state index contributed by atoms with van der Waals surface area (Å²) < 4.78 is 0. The molecular weight excluding hydrogens is 179 g/mol. The zero-order valence-electron chi connectivity index (χ0n) is 1.67. The van der Waals surface area contributed by atoms with Gasteiger partial charge in [-0.2, -0.15) is 0 Å². The summed E-state index contributed by atoms with van der Waals surface area (Å²) in [6.07, 6.45) is 0. The summed E-state index contributed by atoms with van der Waals surface area (Å²) in [5.41, 5.74) is 0. The van der Waals surface area contributed by atoms with Crippen molar-refractivity contribution in [3.63, 3.8) is 0 Å². The van der Waals surface area contributed by atoms with Crippen molar-refractivity contribution in [3.8, 4) is 0 Å². The Morgan fingerprint density at radius 3 is 0.500 bits per heavy atom. The first kappa shape index (κ1) is 162.